The van der Waals surface area contributed by atoms with Gasteiger partial charge in [0, 0.05) is 17.4 Å². The third-order valence-electron chi connectivity index (χ3n) is 4.74. The summed E-state index contributed by atoms with van der Waals surface area (Å²) in [4.78, 5) is 21.8. The summed E-state index contributed by atoms with van der Waals surface area (Å²) >= 11 is 0. The summed E-state index contributed by atoms with van der Waals surface area (Å²) in [5, 5.41) is 3.06. The zero-order valence-corrected chi connectivity index (χ0v) is 16.9. The number of anilines is 1. The summed E-state index contributed by atoms with van der Waals surface area (Å²) in [6.07, 6.45) is 1.59. The predicted octanol–water partition coefficient (Wildman–Crippen LogP) is 5.14. The first-order valence-electron chi connectivity index (χ1n) is 9.29. The number of para-hydroxylation sites is 1. The Morgan fingerprint density at radius 1 is 1.07 bits per heavy atom. The maximum absolute atomic E-state index is 12.9. The molecule has 1 N–H and O–H groups in total. The van der Waals surface area contributed by atoms with Gasteiger partial charge in [-0.1, -0.05) is 32.0 Å². The largest absolute Gasteiger partial charge is 0.497 e. The Labute approximate surface area is 165 Å². The highest BCUT2D eigenvalue weighted by molar-refractivity contribution is 6.05. The molecule has 0 saturated carbocycles. The van der Waals surface area contributed by atoms with Gasteiger partial charge in [-0.05, 0) is 55.2 Å². The monoisotopic (exact) mass is 375 g/mol. The Morgan fingerprint density at radius 2 is 1.79 bits per heavy atom. The number of methoxy groups -OCH3 is 1. The molecular formula is C23H25N3O2. The number of aromatic nitrogens is 2. The fourth-order valence-electron chi connectivity index (χ4n) is 3.09. The van der Waals surface area contributed by atoms with Crippen molar-refractivity contribution in [3.8, 4) is 17.1 Å². The van der Waals surface area contributed by atoms with Gasteiger partial charge in [-0.3, -0.25) is 4.79 Å². The molecule has 0 aliphatic heterocycles. The Balaban J connectivity index is 1.87. The zero-order valence-electron chi connectivity index (χ0n) is 16.9. The van der Waals surface area contributed by atoms with E-state index in [4.69, 9.17) is 4.74 Å². The lowest BCUT2D eigenvalue weighted by molar-refractivity contribution is 0.102. The summed E-state index contributed by atoms with van der Waals surface area (Å²) in [7, 11) is 1.63. The highest BCUT2D eigenvalue weighted by Gasteiger charge is 2.16. The second kappa shape index (κ2) is 8.21. The van der Waals surface area contributed by atoms with Crippen molar-refractivity contribution in [1.82, 2.24) is 9.97 Å². The van der Waals surface area contributed by atoms with Crippen molar-refractivity contribution in [1.29, 1.82) is 0 Å². The first-order valence-corrected chi connectivity index (χ1v) is 9.29. The smallest absolute Gasteiger partial charge is 0.259 e. The molecule has 3 rings (SSSR count). The summed E-state index contributed by atoms with van der Waals surface area (Å²) in [5.74, 6) is 1.46. The van der Waals surface area contributed by atoms with E-state index in [9.17, 15) is 4.79 Å². The van der Waals surface area contributed by atoms with E-state index in [2.05, 4.69) is 29.1 Å². The number of rotatable bonds is 5. The number of benzene rings is 2. The highest BCUT2D eigenvalue weighted by Crippen LogP contribution is 2.28. The minimum atomic E-state index is -0.199. The van der Waals surface area contributed by atoms with Crippen molar-refractivity contribution in [3.63, 3.8) is 0 Å². The van der Waals surface area contributed by atoms with Gasteiger partial charge in [-0.2, -0.15) is 0 Å². The Morgan fingerprint density at radius 3 is 2.39 bits per heavy atom. The molecule has 3 aromatic rings. The molecule has 0 saturated heterocycles. The zero-order chi connectivity index (χ0) is 20.3. The Bertz CT molecular complexity index is 995. The van der Waals surface area contributed by atoms with Gasteiger partial charge in [0.25, 0.3) is 5.91 Å². The average molecular weight is 375 g/mol. The van der Waals surface area contributed by atoms with Crippen molar-refractivity contribution < 1.29 is 9.53 Å². The fourth-order valence-corrected chi connectivity index (χ4v) is 3.09. The fraction of sp³-hybridized carbons (Fsp3) is 0.261. The average Bonchev–Trinajstić information content (AvgIpc) is 2.69. The van der Waals surface area contributed by atoms with Gasteiger partial charge >= 0.3 is 0 Å². The van der Waals surface area contributed by atoms with Crippen LogP contribution in [0.2, 0.25) is 0 Å². The number of nitrogens with one attached hydrogen (secondary N) is 1. The molecule has 1 aromatic heterocycles. The molecule has 144 valence electrons. The molecule has 0 bridgehead atoms. The first-order chi connectivity index (χ1) is 13.4. The van der Waals surface area contributed by atoms with Crippen LogP contribution < -0.4 is 10.1 Å². The maximum atomic E-state index is 12.9. The highest BCUT2D eigenvalue weighted by atomic mass is 16.5. The summed E-state index contributed by atoms with van der Waals surface area (Å²) in [6.45, 7) is 8.05. The summed E-state index contributed by atoms with van der Waals surface area (Å²) in [6, 6.07) is 13.6. The van der Waals surface area contributed by atoms with Gasteiger partial charge in [0.2, 0.25) is 0 Å². The minimum absolute atomic E-state index is 0.199. The quantitative estimate of drug-likeness (QED) is 0.670. The van der Waals surface area contributed by atoms with Gasteiger partial charge in [0.1, 0.15) is 5.75 Å². The van der Waals surface area contributed by atoms with E-state index in [1.807, 2.05) is 56.3 Å². The molecule has 1 amide bonds. The molecule has 0 unspecified atom stereocenters. The first kappa shape index (κ1) is 19.5. The van der Waals surface area contributed by atoms with E-state index in [0.717, 1.165) is 28.1 Å². The van der Waals surface area contributed by atoms with Crippen LogP contribution >= 0.6 is 0 Å². The van der Waals surface area contributed by atoms with Crippen molar-refractivity contribution in [2.45, 2.75) is 33.6 Å². The standard InChI is InChI=1S/C23H25N3O2/c1-14(2)19-8-6-7-15(3)21(19)26-23(27)20-13-24-22(25-16(20)4)17-9-11-18(28-5)12-10-17/h6-14H,1-5H3,(H,26,27). The van der Waals surface area contributed by atoms with Crippen LogP contribution in [0.4, 0.5) is 5.69 Å². The van der Waals surface area contributed by atoms with Crippen LogP contribution in [0.3, 0.4) is 0 Å². The molecular weight excluding hydrogens is 350 g/mol. The third-order valence-corrected chi connectivity index (χ3v) is 4.74. The van der Waals surface area contributed by atoms with Gasteiger partial charge in [0.05, 0.1) is 18.4 Å². The van der Waals surface area contributed by atoms with Crippen molar-refractivity contribution in [2.24, 2.45) is 0 Å². The number of ether oxygens (including phenoxy) is 1. The molecule has 0 aliphatic carbocycles. The van der Waals surface area contributed by atoms with E-state index in [0.29, 0.717) is 23.0 Å². The second-order valence-corrected chi connectivity index (χ2v) is 7.07. The van der Waals surface area contributed by atoms with Gasteiger partial charge in [-0.25, -0.2) is 9.97 Å². The predicted molar refractivity (Wildman–Crippen MR) is 112 cm³/mol. The van der Waals surface area contributed by atoms with Crippen LogP contribution in [0.5, 0.6) is 5.75 Å². The van der Waals surface area contributed by atoms with Gasteiger partial charge < -0.3 is 10.1 Å². The third kappa shape index (κ3) is 4.03. The van der Waals surface area contributed by atoms with Crippen LogP contribution in [0.25, 0.3) is 11.4 Å². The maximum Gasteiger partial charge on any atom is 0.259 e. The number of aryl methyl sites for hydroxylation is 2. The molecule has 0 spiro atoms. The van der Waals surface area contributed by atoms with Crippen LogP contribution in [0, 0.1) is 13.8 Å². The van der Waals surface area contributed by atoms with Crippen LogP contribution in [0.1, 0.15) is 46.9 Å². The minimum Gasteiger partial charge on any atom is -0.497 e. The van der Waals surface area contributed by atoms with E-state index in [1.54, 1.807) is 13.3 Å². The summed E-state index contributed by atoms with van der Waals surface area (Å²) in [5.41, 5.74) is 4.99. The topological polar surface area (TPSA) is 64.1 Å². The number of nitrogens with zero attached hydrogens (tertiary/aromatic N) is 2. The summed E-state index contributed by atoms with van der Waals surface area (Å²) < 4.78 is 5.18. The molecule has 28 heavy (non-hydrogen) atoms. The molecule has 5 heteroatoms. The van der Waals surface area contributed by atoms with Crippen molar-refractivity contribution >= 4 is 11.6 Å². The van der Waals surface area contributed by atoms with E-state index in [1.165, 1.54) is 0 Å². The van der Waals surface area contributed by atoms with Crippen molar-refractivity contribution in [2.75, 3.05) is 12.4 Å². The number of carbonyl (C=O) groups is 1. The lowest BCUT2D eigenvalue weighted by atomic mass is 9.98. The Hall–Kier alpha value is -3.21. The molecule has 2 aromatic carbocycles. The lowest BCUT2D eigenvalue weighted by Gasteiger charge is -2.17. The van der Waals surface area contributed by atoms with Gasteiger partial charge in [0.15, 0.2) is 5.82 Å². The normalized spacial score (nSPS) is 10.8. The number of hydrogen-bond acceptors (Lipinski definition) is 4. The number of carbonyl (C=O) groups excluding carboxylic acids is 1. The lowest BCUT2D eigenvalue weighted by Crippen LogP contribution is -2.17. The molecule has 5 nitrogen and oxygen atoms in total. The molecule has 0 radical (unpaired) electrons. The SMILES string of the molecule is COc1ccc(-c2ncc(C(=O)Nc3c(C)cccc3C(C)C)c(C)n2)cc1. The van der Waals surface area contributed by atoms with Crippen molar-refractivity contribution in [3.05, 3.63) is 71.0 Å². The molecule has 1 heterocycles. The van der Waals surface area contributed by atoms with Gasteiger partial charge in [-0.15, -0.1) is 0 Å². The number of hydrogen-bond donors (Lipinski definition) is 1. The van der Waals surface area contributed by atoms with E-state index in [-0.39, 0.29) is 5.91 Å². The molecule has 0 atom stereocenters. The van der Waals surface area contributed by atoms with Crippen LogP contribution in [0.15, 0.2) is 48.7 Å². The van der Waals surface area contributed by atoms with E-state index < -0.39 is 0 Å². The number of amides is 1. The second-order valence-electron chi connectivity index (χ2n) is 7.07. The van der Waals surface area contributed by atoms with E-state index >= 15 is 0 Å². The van der Waals surface area contributed by atoms with Crippen LogP contribution in [-0.2, 0) is 0 Å². The molecule has 0 fully saturated rings. The molecule has 0 aliphatic rings. The van der Waals surface area contributed by atoms with Crippen LogP contribution in [-0.4, -0.2) is 23.0 Å². The Kier molecular flexibility index (Phi) is 5.73.